The molecule has 0 fully saturated rings. The lowest BCUT2D eigenvalue weighted by atomic mass is 10.1. The number of esters is 1. The molecule has 1 amide bonds. The van der Waals surface area contributed by atoms with Crippen molar-refractivity contribution in [3.8, 4) is 17.2 Å². The van der Waals surface area contributed by atoms with Gasteiger partial charge in [0.25, 0.3) is 5.91 Å². The van der Waals surface area contributed by atoms with Crippen molar-refractivity contribution in [1.29, 1.82) is 0 Å². The first kappa shape index (κ1) is 25.6. The molecule has 0 saturated heterocycles. The number of hydrogen-bond donors (Lipinski definition) is 1. The average Bonchev–Trinajstić information content (AvgIpc) is 2.87. The van der Waals surface area contributed by atoms with E-state index in [2.05, 4.69) is 5.32 Å². The maximum atomic E-state index is 13.2. The standard InChI is InChI=1S/C28H31NO6/c1-18-11-12-19(2)22(15-18)29-28(31)26(21-9-7-6-8-10-21)35-25(30)14-13-20-16-23(32-3)27(34-5)24(17-20)33-4/h6-12,15-17,26H,13-14H2,1-5H3,(H,29,31). The summed E-state index contributed by atoms with van der Waals surface area (Å²) in [7, 11) is 4.60. The number of benzene rings is 3. The zero-order chi connectivity index (χ0) is 25.4. The Morgan fingerprint density at radius 3 is 2.11 bits per heavy atom. The van der Waals surface area contributed by atoms with Gasteiger partial charge >= 0.3 is 5.97 Å². The second-order valence-electron chi connectivity index (χ2n) is 8.12. The van der Waals surface area contributed by atoms with Gasteiger partial charge in [-0.2, -0.15) is 0 Å². The monoisotopic (exact) mass is 477 g/mol. The van der Waals surface area contributed by atoms with Crippen LogP contribution in [0.1, 0.15) is 34.8 Å². The Hall–Kier alpha value is -4.00. The van der Waals surface area contributed by atoms with Crippen LogP contribution in [0.4, 0.5) is 5.69 Å². The van der Waals surface area contributed by atoms with Gasteiger partial charge in [0.05, 0.1) is 21.3 Å². The van der Waals surface area contributed by atoms with Gasteiger partial charge in [0.1, 0.15) is 0 Å². The van der Waals surface area contributed by atoms with E-state index in [1.807, 2.05) is 38.1 Å². The predicted octanol–water partition coefficient (Wildman–Crippen LogP) is 5.19. The third kappa shape index (κ3) is 6.53. The molecule has 0 saturated carbocycles. The van der Waals surface area contributed by atoms with Crippen LogP contribution in [-0.2, 0) is 20.7 Å². The van der Waals surface area contributed by atoms with Crippen LogP contribution < -0.4 is 19.5 Å². The van der Waals surface area contributed by atoms with Gasteiger partial charge in [-0.25, -0.2) is 0 Å². The van der Waals surface area contributed by atoms with Crippen molar-refractivity contribution in [2.45, 2.75) is 32.8 Å². The predicted molar refractivity (Wildman–Crippen MR) is 134 cm³/mol. The van der Waals surface area contributed by atoms with Gasteiger partial charge in [0, 0.05) is 17.7 Å². The summed E-state index contributed by atoms with van der Waals surface area (Å²) in [6.45, 7) is 3.86. The highest BCUT2D eigenvalue weighted by Gasteiger charge is 2.25. The van der Waals surface area contributed by atoms with Gasteiger partial charge in [0.15, 0.2) is 11.5 Å². The fourth-order valence-corrected chi connectivity index (χ4v) is 3.69. The van der Waals surface area contributed by atoms with E-state index in [-0.39, 0.29) is 6.42 Å². The first-order chi connectivity index (χ1) is 16.9. The summed E-state index contributed by atoms with van der Waals surface area (Å²) in [5, 5.41) is 2.91. The molecule has 184 valence electrons. The molecule has 3 aromatic rings. The number of hydrogen-bond acceptors (Lipinski definition) is 6. The van der Waals surface area contributed by atoms with E-state index in [0.29, 0.717) is 34.9 Å². The lowest BCUT2D eigenvalue weighted by Gasteiger charge is -2.19. The number of amides is 1. The summed E-state index contributed by atoms with van der Waals surface area (Å²) in [4.78, 5) is 26.0. The maximum Gasteiger partial charge on any atom is 0.307 e. The number of carbonyl (C=O) groups excluding carboxylic acids is 2. The molecule has 7 heteroatoms. The van der Waals surface area contributed by atoms with Gasteiger partial charge in [-0.15, -0.1) is 0 Å². The Labute approximate surface area is 206 Å². The number of carbonyl (C=O) groups is 2. The highest BCUT2D eigenvalue weighted by atomic mass is 16.5. The van der Waals surface area contributed by atoms with E-state index in [0.717, 1.165) is 16.7 Å². The zero-order valence-corrected chi connectivity index (χ0v) is 20.7. The Balaban J connectivity index is 1.75. The SMILES string of the molecule is COc1cc(CCC(=O)OC(C(=O)Nc2cc(C)ccc2C)c2ccccc2)cc(OC)c1OC. The number of ether oxygens (including phenoxy) is 4. The molecule has 0 aliphatic carbocycles. The number of rotatable bonds is 10. The molecule has 7 nitrogen and oxygen atoms in total. The van der Waals surface area contributed by atoms with Gasteiger partial charge < -0.3 is 24.3 Å². The molecule has 35 heavy (non-hydrogen) atoms. The molecule has 1 atom stereocenters. The summed E-state index contributed by atoms with van der Waals surface area (Å²) in [5.74, 6) is 0.582. The van der Waals surface area contributed by atoms with Crippen molar-refractivity contribution < 1.29 is 28.5 Å². The molecule has 0 aliphatic heterocycles. The van der Waals surface area contributed by atoms with Crippen molar-refractivity contribution in [3.05, 3.63) is 82.9 Å². The molecule has 0 radical (unpaired) electrons. The fraction of sp³-hybridized carbons (Fsp3) is 0.286. The minimum Gasteiger partial charge on any atom is -0.493 e. The summed E-state index contributed by atoms with van der Waals surface area (Å²) in [6, 6.07) is 18.4. The first-order valence-electron chi connectivity index (χ1n) is 11.3. The zero-order valence-electron chi connectivity index (χ0n) is 20.7. The van der Waals surface area contributed by atoms with Crippen LogP contribution in [0.25, 0.3) is 0 Å². The number of anilines is 1. The molecule has 3 rings (SSSR count). The van der Waals surface area contributed by atoms with Crippen LogP contribution in [-0.4, -0.2) is 33.2 Å². The quantitative estimate of drug-likeness (QED) is 0.405. The van der Waals surface area contributed by atoms with E-state index in [4.69, 9.17) is 18.9 Å². The minimum atomic E-state index is -1.08. The molecular weight excluding hydrogens is 446 g/mol. The Morgan fingerprint density at radius 2 is 1.51 bits per heavy atom. The highest BCUT2D eigenvalue weighted by Crippen LogP contribution is 2.38. The molecule has 1 N–H and O–H groups in total. The minimum absolute atomic E-state index is 0.0682. The first-order valence-corrected chi connectivity index (χ1v) is 11.3. The van der Waals surface area contributed by atoms with E-state index in [1.54, 1.807) is 36.4 Å². The van der Waals surface area contributed by atoms with Gasteiger partial charge in [-0.3, -0.25) is 9.59 Å². The Bertz CT molecular complexity index is 1150. The van der Waals surface area contributed by atoms with E-state index < -0.39 is 18.0 Å². The number of nitrogens with one attached hydrogen (secondary N) is 1. The van der Waals surface area contributed by atoms with Crippen LogP contribution in [0.3, 0.4) is 0 Å². The van der Waals surface area contributed by atoms with Crippen molar-refractivity contribution in [3.63, 3.8) is 0 Å². The molecular formula is C28H31NO6. The second kappa shape index (κ2) is 11.9. The van der Waals surface area contributed by atoms with Crippen molar-refractivity contribution >= 4 is 17.6 Å². The molecule has 0 aromatic heterocycles. The topological polar surface area (TPSA) is 83.1 Å². The van der Waals surface area contributed by atoms with E-state index in [1.165, 1.54) is 21.3 Å². The maximum absolute atomic E-state index is 13.2. The van der Waals surface area contributed by atoms with Crippen LogP contribution in [0.2, 0.25) is 0 Å². The molecule has 1 unspecified atom stereocenters. The number of methoxy groups -OCH3 is 3. The van der Waals surface area contributed by atoms with Crippen molar-refractivity contribution in [2.24, 2.45) is 0 Å². The van der Waals surface area contributed by atoms with Crippen LogP contribution in [0.15, 0.2) is 60.7 Å². The molecule has 0 bridgehead atoms. The van der Waals surface area contributed by atoms with Crippen LogP contribution in [0.5, 0.6) is 17.2 Å². The molecule has 0 heterocycles. The van der Waals surface area contributed by atoms with Crippen LogP contribution >= 0.6 is 0 Å². The van der Waals surface area contributed by atoms with Crippen LogP contribution in [0, 0.1) is 13.8 Å². The summed E-state index contributed by atoms with van der Waals surface area (Å²) < 4.78 is 21.8. The number of aryl methyl sites for hydroxylation is 3. The van der Waals surface area contributed by atoms with Gasteiger partial charge in [-0.05, 0) is 55.2 Å². The van der Waals surface area contributed by atoms with Crippen molar-refractivity contribution in [2.75, 3.05) is 26.6 Å². The van der Waals surface area contributed by atoms with E-state index in [9.17, 15) is 9.59 Å². The molecule has 0 spiro atoms. The largest absolute Gasteiger partial charge is 0.493 e. The van der Waals surface area contributed by atoms with Gasteiger partial charge in [-0.1, -0.05) is 42.5 Å². The third-order valence-corrected chi connectivity index (χ3v) is 5.58. The lowest BCUT2D eigenvalue weighted by molar-refractivity contribution is -0.154. The fourth-order valence-electron chi connectivity index (χ4n) is 3.69. The summed E-state index contributed by atoms with van der Waals surface area (Å²) in [5.41, 5.74) is 4.03. The molecule has 3 aromatic carbocycles. The molecule has 0 aliphatic rings. The van der Waals surface area contributed by atoms with E-state index >= 15 is 0 Å². The average molecular weight is 478 g/mol. The summed E-state index contributed by atoms with van der Waals surface area (Å²) >= 11 is 0. The third-order valence-electron chi connectivity index (χ3n) is 5.58. The highest BCUT2D eigenvalue weighted by molar-refractivity contribution is 5.96. The van der Waals surface area contributed by atoms with Gasteiger partial charge in [0.2, 0.25) is 11.9 Å². The second-order valence-corrected chi connectivity index (χ2v) is 8.12. The van der Waals surface area contributed by atoms with Crippen molar-refractivity contribution in [1.82, 2.24) is 0 Å². The normalized spacial score (nSPS) is 11.3. The summed E-state index contributed by atoms with van der Waals surface area (Å²) in [6.07, 6.45) is -0.641. The Morgan fingerprint density at radius 1 is 0.857 bits per heavy atom. The smallest absolute Gasteiger partial charge is 0.307 e. The lowest BCUT2D eigenvalue weighted by Crippen LogP contribution is -2.26. The Kier molecular flexibility index (Phi) is 8.73.